The fourth-order valence-corrected chi connectivity index (χ4v) is 2.28. The van der Waals surface area contributed by atoms with Crippen molar-refractivity contribution in [2.45, 2.75) is 39.5 Å². The fourth-order valence-electron chi connectivity index (χ4n) is 2.28. The largest absolute Gasteiger partial charge is 0.252 e. The molecule has 0 aliphatic carbocycles. The van der Waals surface area contributed by atoms with Gasteiger partial charge in [0.05, 0.1) is 22.8 Å². The van der Waals surface area contributed by atoms with Crippen LogP contribution in [0.2, 0.25) is 0 Å². The number of hydrogen-bond donors (Lipinski definition) is 0. The average Bonchev–Trinajstić information content (AvgIpc) is 2.56. The Kier molecular flexibility index (Phi) is 9.16. The van der Waals surface area contributed by atoms with E-state index >= 15 is 0 Å². The fraction of sp³-hybridized carbons (Fsp3) is 0.300. The Morgan fingerprint density at radius 1 is 0.783 bits per heavy atom. The predicted molar refractivity (Wildman–Crippen MR) is 96.9 cm³/mol. The van der Waals surface area contributed by atoms with E-state index in [0.29, 0.717) is 0 Å². The topological polar surface area (TPSA) is 24.7 Å². The normalized spacial score (nSPS) is 11.9. The summed E-state index contributed by atoms with van der Waals surface area (Å²) >= 11 is 0. The van der Waals surface area contributed by atoms with E-state index in [4.69, 9.17) is 9.98 Å². The van der Waals surface area contributed by atoms with Crippen LogP contribution in [0.25, 0.3) is 0 Å². The summed E-state index contributed by atoms with van der Waals surface area (Å²) in [5.74, 6) is 0. The summed E-state index contributed by atoms with van der Waals surface area (Å²) in [5, 5.41) is 0. The minimum absolute atomic E-state index is 0. The second-order valence-corrected chi connectivity index (χ2v) is 5.38. The Labute approximate surface area is 149 Å². The van der Waals surface area contributed by atoms with Crippen molar-refractivity contribution in [3.8, 4) is 0 Å². The Morgan fingerprint density at radius 3 is 1.83 bits per heavy atom. The van der Waals surface area contributed by atoms with Gasteiger partial charge in [-0.1, -0.05) is 56.2 Å². The van der Waals surface area contributed by atoms with E-state index in [1.165, 1.54) is 12.8 Å². The number of nitrogens with zero attached hydrogens (tertiary/aromatic N) is 2. The maximum atomic E-state index is 4.81. The molecule has 0 saturated heterocycles. The van der Waals surface area contributed by atoms with Crippen LogP contribution in [0.3, 0.4) is 0 Å². The Bertz CT molecular complexity index is 619. The molecule has 0 radical (unpaired) electrons. The van der Waals surface area contributed by atoms with E-state index in [9.17, 15) is 0 Å². The first-order valence-corrected chi connectivity index (χ1v) is 8.03. The molecule has 2 rings (SSSR count). The van der Waals surface area contributed by atoms with Crippen LogP contribution in [0, 0.1) is 0 Å². The summed E-state index contributed by atoms with van der Waals surface area (Å²) in [6.45, 7) is 4.28. The standard InChI is InChI=1S/C20H24N2.Ni/c1-3-4-7-16-20(22-19-14-10-6-11-15-19)17(2)21-18-12-8-5-9-13-18;/h5-6,8-15H,3-4,7,16H2,1-2H3;. The van der Waals surface area contributed by atoms with Gasteiger partial charge in [-0.15, -0.1) is 0 Å². The molecule has 0 heterocycles. The summed E-state index contributed by atoms with van der Waals surface area (Å²) in [5.41, 5.74) is 4.07. The summed E-state index contributed by atoms with van der Waals surface area (Å²) in [6.07, 6.45) is 4.58. The number of rotatable bonds is 7. The van der Waals surface area contributed by atoms with E-state index in [-0.39, 0.29) is 16.5 Å². The summed E-state index contributed by atoms with van der Waals surface area (Å²) < 4.78 is 0. The van der Waals surface area contributed by atoms with Crippen LogP contribution in [-0.2, 0) is 16.5 Å². The number of aliphatic imine (C=N–C) groups is 2. The van der Waals surface area contributed by atoms with Crippen LogP contribution in [0.5, 0.6) is 0 Å². The van der Waals surface area contributed by atoms with Crippen LogP contribution in [0.1, 0.15) is 39.5 Å². The number of para-hydroxylation sites is 2. The molecule has 0 spiro atoms. The maximum absolute atomic E-state index is 4.81. The molecule has 0 aromatic heterocycles. The molecule has 0 saturated carbocycles. The second kappa shape index (κ2) is 10.9. The smallest absolute Gasteiger partial charge is 0.0633 e. The van der Waals surface area contributed by atoms with Crippen LogP contribution in [-0.4, -0.2) is 11.4 Å². The summed E-state index contributed by atoms with van der Waals surface area (Å²) in [6, 6.07) is 20.2. The molecule has 3 heteroatoms. The molecule has 2 aromatic rings. The van der Waals surface area contributed by atoms with E-state index in [2.05, 4.69) is 13.8 Å². The van der Waals surface area contributed by atoms with Gasteiger partial charge in [0.15, 0.2) is 0 Å². The monoisotopic (exact) mass is 350 g/mol. The van der Waals surface area contributed by atoms with Crippen LogP contribution < -0.4 is 0 Å². The van der Waals surface area contributed by atoms with Gasteiger partial charge in [-0.3, -0.25) is 9.98 Å². The third kappa shape index (κ3) is 6.92. The van der Waals surface area contributed by atoms with Gasteiger partial charge in [0.2, 0.25) is 0 Å². The van der Waals surface area contributed by atoms with Gasteiger partial charge in [-0.2, -0.15) is 0 Å². The molecular weight excluding hydrogens is 327 g/mol. The predicted octanol–water partition coefficient (Wildman–Crippen LogP) is 6.13. The third-order valence-electron chi connectivity index (χ3n) is 3.51. The number of hydrogen-bond acceptors (Lipinski definition) is 2. The van der Waals surface area contributed by atoms with Crippen molar-refractivity contribution in [3.05, 3.63) is 60.7 Å². The first-order chi connectivity index (χ1) is 10.8. The van der Waals surface area contributed by atoms with Crippen LogP contribution in [0.4, 0.5) is 11.4 Å². The van der Waals surface area contributed by atoms with Crippen molar-refractivity contribution in [1.29, 1.82) is 0 Å². The minimum atomic E-state index is 0. The Hall–Kier alpha value is -1.73. The molecule has 0 aliphatic heterocycles. The van der Waals surface area contributed by atoms with Gasteiger partial charge < -0.3 is 0 Å². The second-order valence-electron chi connectivity index (χ2n) is 5.38. The molecule has 0 aliphatic rings. The molecule has 0 unspecified atom stereocenters. The summed E-state index contributed by atoms with van der Waals surface area (Å²) in [7, 11) is 0. The zero-order chi connectivity index (χ0) is 15.6. The molecule has 124 valence electrons. The molecule has 0 fully saturated rings. The molecule has 23 heavy (non-hydrogen) atoms. The van der Waals surface area contributed by atoms with Crippen molar-refractivity contribution in [2.75, 3.05) is 0 Å². The quantitative estimate of drug-likeness (QED) is 0.326. The van der Waals surface area contributed by atoms with Gasteiger partial charge >= 0.3 is 0 Å². The van der Waals surface area contributed by atoms with Gasteiger partial charge in [0.25, 0.3) is 0 Å². The van der Waals surface area contributed by atoms with Crippen molar-refractivity contribution in [2.24, 2.45) is 9.98 Å². The molecule has 0 atom stereocenters. The summed E-state index contributed by atoms with van der Waals surface area (Å²) in [4.78, 5) is 9.53. The van der Waals surface area contributed by atoms with Crippen molar-refractivity contribution < 1.29 is 16.5 Å². The maximum Gasteiger partial charge on any atom is 0.0633 e. The molecule has 0 bridgehead atoms. The van der Waals surface area contributed by atoms with Crippen LogP contribution in [0.15, 0.2) is 70.6 Å². The molecule has 0 amide bonds. The molecular formula is C20H24N2Ni. The first-order valence-electron chi connectivity index (χ1n) is 8.03. The van der Waals surface area contributed by atoms with Crippen molar-refractivity contribution in [3.63, 3.8) is 0 Å². The van der Waals surface area contributed by atoms with Gasteiger partial charge in [0, 0.05) is 16.5 Å². The van der Waals surface area contributed by atoms with E-state index < -0.39 is 0 Å². The number of unbranched alkanes of at least 4 members (excludes halogenated alkanes) is 2. The zero-order valence-electron chi connectivity index (χ0n) is 13.8. The van der Waals surface area contributed by atoms with E-state index in [1.807, 2.05) is 60.7 Å². The SMILES string of the molecule is CCCCCC(=Nc1ccccc1)C(C)=Nc1ccccc1.[Ni]. The van der Waals surface area contributed by atoms with Gasteiger partial charge in [-0.05, 0) is 44.0 Å². The zero-order valence-corrected chi connectivity index (χ0v) is 14.8. The van der Waals surface area contributed by atoms with E-state index in [0.717, 1.165) is 35.6 Å². The Balaban J connectivity index is 0.00000264. The van der Waals surface area contributed by atoms with Crippen molar-refractivity contribution >= 4 is 22.8 Å². The van der Waals surface area contributed by atoms with Gasteiger partial charge in [0.1, 0.15) is 0 Å². The van der Waals surface area contributed by atoms with Gasteiger partial charge in [-0.25, -0.2) is 0 Å². The molecule has 2 aromatic carbocycles. The number of benzene rings is 2. The minimum Gasteiger partial charge on any atom is -0.252 e. The van der Waals surface area contributed by atoms with Crippen LogP contribution >= 0.6 is 0 Å². The average molecular weight is 351 g/mol. The first kappa shape index (κ1) is 19.3. The molecule has 2 nitrogen and oxygen atoms in total. The molecule has 0 N–H and O–H groups in total. The van der Waals surface area contributed by atoms with Crippen molar-refractivity contribution in [1.82, 2.24) is 0 Å². The van der Waals surface area contributed by atoms with E-state index in [1.54, 1.807) is 0 Å². The Morgan fingerprint density at radius 2 is 1.30 bits per heavy atom. The third-order valence-corrected chi connectivity index (χ3v) is 3.51.